The van der Waals surface area contributed by atoms with Crippen molar-refractivity contribution in [1.82, 2.24) is 0 Å². The van der Waals surface area contributed by atoms with Gasteiger partial charge in [0.2, 0.25) is 0 Å². The first-order valence-corrected chi connectivity index (χ1v) is 4.96. The van der Waals surface area contributed by atoms with Crippen molar-refractivity contribution in [2.75, 3.05) is 6.61 Å². The van der Waals surface area contributed by atoms with Crippen molar-refractivity contribution >= 4 is 24.0 Å². The van der Waals surface area contributed by atoms with E-state index in [0.29, 0.717) is 12.2 Å². The summed E-state index contributed by atoms with van der Waals surface area (Å²) in [5.41, 5.74) is 3.93. The number of hydrogen-bond donors (Lipinski definition) is 0. The van der Waals surface area contributed by atoms with Gasteiger partial charge in [0, 0.05) is 22.2 Å². The highest BCUT2D eigenvalue weighted by Crippen LogP contribution is 2.25. The zero-order valence-corrected chi connectivity index (χ0v) is 8.70. The molecule has 0 amide bonds. The topological polar surface area (TPSA) is 26.3 Å². The number of benzene rings is 1. The lowest BCUT2D eigenvalue weighted by molar-refractivity contribution is 0.112. The van der Waals surface area contributed by atoms with Crippen LogP contribution in [0.4, 0.5) is 0 Å². The minimum absolute atomic E-state index is 0.452. The molecule has 1 aliphatic heterocycles. The predicted octanol–water partition coefficient (Wildman–Crippen LogP) is 3.03. The van der Waals surface area contributed by atoms with E-state index < -0.39 is 0 Å². The molecular formula is C12H9ClO2. The summed E-state index contributed by atoms with van der Waals surface area (Å²) in [6.07, 6.45) is 4.59. The summed E-state index contributed by atoms with van der Waals surface area (Å²) in [6.45, 7) is 0.452. The van der Waals surface area contributed by atoms with E-state index in [1.165, 1.54) is 5.54 Å². The van der Waals surface area contributed by atoms with Crippen LogP contribution in [0.2, 0.25) is 0 Å². The first-order chi connectivity index (χ1) is 7.33. The van der Waals surface area contributed by atoms with Crippen molar-refractivity contribution in [2.45, 2.75) is 0 Å². The Bertz CT molecular complexity index is 447. The number of carbonyl (C=O) groups is 1. The van der Waals surface area contributed by atoms with Crippen molar-refractivity contribution < 1.29 is 9.53 Å². The van der Waals surface area contributed by atoms with Gasteiger partial charge in [-0.15, -0.1) is 0 Å². The third kappa shape index (κ3) is 2.10. The summed E-state index contributed by atoms with van der Waals surface area (Å²) in [6, 6.07) is 5.31. The maximum atomic E-state index is 10.6. The molecule has 0 aromatic heterocycles. The van der Waals surface area contributed by atoms with Gasteiger partial charge >= 0.3 is 0 Å². The van der Waals surface area contributed by atoms with E-state index >= 15 is 0 Å². The molecule has 0 spiro atoms. The average molecular weight is 221 g/mol. The standard InChI is InChI=1S/C12H9ClO2/c13-6-10-1-3-11-5-9(7-14)2-4-12(11)15-8-10/h1-7H,8H2/b10-6-. The Labute approximate surface area is 92.8 Å². The first-order valence-electron chi connectivity index (χ1n) is 4.53. The van der Waals surface area contributed by atoms with Crippen LogP contribution in [-0.4, -0.2) is 12.9 Å². The zero-order chi connectivity index (χ0) is 10.7. The largest absolute Gasteiger partial charge is 0.488 e. The van der Waals surface area contributed by atoms with Gasteiger partial charge in [0.1, 0.15) is 18.6 Å². The van der Waals surface area contributed by atoms with E-state index in [1.807, 2.05) is 12.2 Å². The van der Waals surface area contributed by atoms with Crippen LogP contribution in [0.3, 0.4) is 0 Å². The Morgan fingerprint density at radius 1 is 1.33 bits per heavy atom. The molecule has 0 saturated heterocycles. The molecule has 1 aromatic carbocycles. The highest BCUT2D eigenvalue weighted by Gasteiger charge is 2.07. The second-order valence-electron chi connectivity index (χ2n) is 3.22. The number of carbonyl (C=O) groups excluding carboxylic acids is 1. The Kier molecular flexibility index (Phi) is 2.88. The highest BCUT2D eigenvalue weighted by atomic mass is 35.5. The number of hydrogen-bond acceptors (Lipinski definition) is 2. The van der Waals surface area contributed by atoms with Gasteiger partial charge in [0.25, 0.3) is 0 Å². The molecule has 0 aliphatic carbocycles. The molecule has 0 radical (unpaired) electrons. The summed E-state index contributed by atoms with van der Waals surface area (Å²) >= 11 is 5.60. The second-order valence-corrected chi connectivity index (χ2v) is 3.44. The monoisotopic (exact) mass is 220 g/mol. The van der Waals surface area contributed by atoms with Gasteiger partial charge in [-0.1, -0.05) is 23.8 Å². The van der Waals surface area contributed by atoms with E-state index in [1.54, 1.807) is 18.2 Å². The fraction of sp³-hybridized carbons (Fsp3) is 0.0833. The van der Waals surface area contributed by atoms with Crippen LogP contribution in [0, 0.1) is 0 Å². The number of fused-ring (bicyclic) bond motifs is 1. The summed E-state index contributed by atoms with van der Waals surface area (Å²) in [5.74, 6) is 0.769. The molecule has 1 heterocycles. The predicted molar refractivity (Wildman–Crippen MR) is 60.3 cm³/mol. The van der Waals surface area contributed by atoms with Gasteiger partial charge in [0.05, 0.1) is 0 Å². The molecule has 0 fully saturated rings. The molecule has 0 atom stereocenters. The third-order valence-corrected chi connectivity index (χ3v) is 2.46. The van der Waals surface area contributed by atoms with Crippen LogP contribution in [-0.2, 0) is 0 Å². The lowest BCUT2D eigenvalue weighted by Crippen LogP contribution is -1.98. The lowest BCUT2D eigenvalue weighted by atomic mass is 10.1. The van der Waals surface area contributed by atoms with Crippen molar-refractivity contribution in [2.24, 2.45) is 0 Å². The lowest BCUT2D eigenvalue weighted by Gasteiger charge is -2.06. The van der Waals surface area contributed by atoms with Crippen LogP contribution < -0.4 is 4.74 Å². The maximum absolute atomic E-state index is 10.6. The van der Waals surface area contributed by atoms with Crippen LogP contribution in [0.15, 0.2) is 35.4 Å². The normalized spacial score (nSPS) is 16.7. The zero-order valence-electron chi connectivity index (χ0n) is 7.94. The summed E-state index contributed by atoms with van der Waals surface area (Å²) in [7, 11) is 0. The van der Waals surface area contributed by atoms with E-state index in [2.05, 4.69) is 0 Å². The van der Waals surface area contributed by atoms with Crippen LogP contribution >= 0.6 is 11.6 Å². The fourth-order valence-electron chi connectivity index (χ4n) is 1.38. The molecule has 1 aliphatic rings. The molecule has 0 N–H and O–H groups in total. The molecular weight excluding hydrogens is 212 g/mol. The molecule has 15 heavy (non-hydrogen) atoms. The van der Waals surface area contributed by atoms with Gasteiger partial charge in [-0.2, -0.15) is 0 Å². The van der Waals surface area contributed by atoms with E-state index in [-0.39, 0.29) is 0 Å². The van der Waals surface area contributed by atoms with Crippen molar-refractivity contribution in [1.29, 1.82) is 0 Å². The van der Waals surface area contributed by atoms with Gasteiger partial charge in [-0.05, 0) is 18.2 Å². The number of halogens is 1. The second kappa shape index (κ2) is 4.32. The molecule has 0 saturated carbocycles. The van der Waals surface area contributed by atoms with Crippen LogP contribution in [0.25, 0.3) is 6.08 Å². The third-order valence-electron chi connectivity index (χ3n) is 2.18. The Hall–Kier alpha value is -1.54. The Morgan fingerprint density at radius 2 is 2.20 bits per heavy atom. The van der Waals surface area contributed by atoms with Crippen LogP contribution in [0.1, 0.15) is 15.9 Å². The molecule has 3 heteroatoms. The maximum Gasteiger partial charge on any atom is 0.150 e. The van der Waals surface area contributed by atoms with E-state index in [9.17, 15) is 4.79 Å². The summed E-state index contributed by atoms with van der Waals surface area (Å²) in [5, 5.41) is 0. The molecule has 1 aromatic rings. The SMILES string of the molecule is O=Cc1ccc2c(c1)C=C/C(=C/Cl)CO2. The summed E-state index contributed by atoms with van der Waals surface area (Å²) in [4.78, 5) is 10.6. The van der Waals surface area contributed by atoms with E-state index in [0.717, 1.165) is 23.2 Å². The smallest absolute Gasteiger partial charge is 0.150 e. The Balaban J connectivity index is 2.42. The molecule has 2 nitrogen and oxygen atoms in total. The van der Waals surface area contributed by atoms with E-state index in [4.69, 9.17) is 16.3 Å². The number of ether oxygens (including phenoxy) is 1. The molecule has 2 rings (SSSR count). The minimum atomic E-state index is 0.452. The van der Waals surface area contributed by atoms with Crippen LogP contribution in [0.5, 0.6) is 5.75 Å². The first kappa shape index (κ1) is 9.99. The van der Waals surface area contributed by atoms with Gasteiger partial charge < -0.3 is 4.74 Å². The van der Waals surface area contributed by atoms with Gasteiger partial charge in [0.15, 0.2) is 0 Å². The average Bonchev–Trinajstić information content (AvgIpc) is 2.50. The van der Waals surface area contributed by atoms with Crippen molar-refractivity contribution in [3.63, 3.8) is 0 Å². The van der Waals surface area contributed by atoms with Crippen molar-refractivity contribution in [3.05, 3.63) is 46.5 Å². The quantitative estimate of drug-likeness (QED) is 0.680. The van der Waals surface area contributed by atoms with Gasteiger partial charge in [-0.25, -0.2) is 0 Å². The highest BCUT2D eigenvalue weighted by molar-refractivity contribution is 6.25. The number of aldehydes is 1. The minimum Gasteiger partial charge on any atom is -0.488 e. The Morgan fingerprint density at radius 3 is 2.93 bits per heavy atom. The van der Waals surface area contributed by atoms with Crippen molar-refractivity contribution in [3.8, 4) is 5.75 Å². The molecule has 0 bridgehead atoms. The number of rotatable bonds is 1. The summed E-state index contributed by atoms with van der Waals surface area (Å²) < 4.78 is 5.52. The van der Waals surface area contributed by atoms with Gasteiger partial charge in [-0.3, -0.25) is 4.79 Å². The molecule has 0 unspecified atom stereocenters. The fourth-order valence-corrected chi connectivity index (χ4v) is 1.51. The molecule has 76 valence electrons.